The number of amides is 2. The Hall–Kier alpha value is -3.87. The Balaban J connectivity index is 1.14. The summed E-state index contributed by atoms with van der Waals surface area (Å²) in [4.78, 5) is 32.9. The van der Waals surface area contributed by atoms with Crippen LogP contribution in [0.15, 0.2) is 36.5 Å². The van der Waals surface area contributed by atoms with E-state index < -0.39 is 23.4 Å². The molecule has 2 aliphatic heterocycles. The highest BCUT2D eigenvalue weighted by atomic mass is 19.4. The number of alkyl halides is 3. The van der Waals surface area contributed by atoms with Crippen molar-refractivity contribution in [2.75, 3.05) is 45.2 Å². The number of aromatic nitrogens is 3. The van der Waals surface area contributed by atoms with Crippen molar-refractivity contribution < 1.29 is 32.2 Å². The molecule has 0 unspecified atom stereocenters. The van der Waals surface area contributed by atoms with Crippen LogP contribution >= 0.6 is 0 Å². The topological polar surface area (TPSA) is 102 Å². The second kappa shape index (κ2) is 13.2. The van der Waals surface area contributed by atoms with E-state index in [9.17, 15) is 22.8 Å². The molecule has 0 aliphatic carbocycles. The molecule has 2 amide bonds. The van der Waals surface area contributed by atoms with E-state index in [2.05, 4.69) is 15.2 Å². The number of rotatable bonds is 7. The number of likely N-dealkylation sites (tertiary alicyclic amines) is 2. The highest BCUT2D eigenvalue weighted by Crippen LogP contribution is 2.33. The molecular formula is C32H41F3N6O4. The average Bonchev–Trinajstić information content (AvgIpc) is 3.42. The van der Waals surface area contributed by atoms with E-state index in [1.54, 1.807) is 12.1 Å². The lowest BCUT2D eigenvalue weighted by Gasteiger charge is -2.36. The highest BCUT2D eigenvalue weighted by Gasteiger charge is 2.33. The maximum absolute atomic E-state index is 13.1. The summed E-state index contributed by atoms with van der Waals surface area (Å²) >= 11 is 0. The summed E-state index contributed by atoms with van der Waals surface area (Å²) in [6.45, 7) is 10.1. The Labute approximate surface area is 260 Å². The standard InChI is InChI=1S/C32H41F3N6O4/c1-31(2,3)45-30(43)40-16-9-21(10-17-40)8-13-39-14-11-23(12-15-39)41-20-22-18-26(27(44-4)19-25(22)38-41)37-29(42)24-6-5-7-28(36-24)32(33,34)35/h5-7,18-21,23H,8-17H2,1-4H3,(H,37,42). The number of carbonyl (C=O) groups is 2. The molecule has 2 aromatic heterocycles. The molecular weight excluding hydrogens is 589 g/mol. The lowest BCUT2D eigenvalue weighted by atomic mass is 9.93. The number of benzene rings is 1. The van der Waals surface area contributed by atoms with Crippen LogP contribution in [0.3, 0.4) is 0 Å². The molecule has 244 valence electrons. The number of anilines is 1. The first-order valence-corrected chi connectivity index (χ1v) is 15.4. The van der Waals surface area contributed by atoms with Crippen molar-refractivity contribution in [1.82, 2.24) is 24.6 Å². The van der Waals surface area contributed by atoms with Gasteiger partial charge in [-0.15, -0.1) is 0 Å². The molecule has 0 spiro atoms. The minimum Gasteiger partial charge on any atom is -0.494 e. The maximum Gasteiger partial charge on any atom is 0.433 e. The zero-order valence-electron chi connectivity index (χ0n) is 26.2. The second-order valence-electron chi connectivity index (χ2n) is 12.9. The fraction of sp³-hybridized carbons (Fsp3) is 0.562. The van der Waals surface area contributed by atoms with Crippen LogP contribution in [0, 0.1) is 5.92 Å². The fourth-order valence-corrected chi connectivity index (χ4v) is 5.93. The molecule has 0 radical (unpaired) electrons. The summed E-state index contributed by atoms with van der Waals surface area (Å²) in [6, 6.07) is 6.86. The van der Waals surface area contributed by atoms with E-state index in [-0.39, 0.29) is 17.8 Å². The fourth-order valence-electron chi connectivity index (χ4n) is 5.93. The number of nitrogens with one attached hydrogen (secondary N) is 1. The zero-order valence-corrected chi connectivity index (χ0v) is 26.2. The third kappa shape index (κ3) is 8.24. The van der Waals surface area contributed by atoms with Gasteiger partial charge in [0.25, 0.3) is 5.91 Å². The van der Waals surface area contributed by atoms with E-state index >= 15 is 0 Å². The first-order valence-electron chi connectivity index (χ1n) is 15.4. The zero-order chi connectivity index (χ0) is 32.4. The number of fused-ring (bicyclic) bond motifs is 1. The molecule has 0 atom stereocenters. The summed E-state index contributed by atoms with van der Waals surface area (Å²) in [6.07, 6.45) is 2.08. The summed E-state index contributed by atoms with van der Waals surface area (Å²) in [7, 11) is 1.45. The van der Waals surface area contributed by atoms with Crippen LogP contribution < -0.4 is 10.1 Å². The Morgan fingerprint density at radius 1 is 1.02 bits per heavy atom. The summed E-state index contributed by atoms with van der Waals surface area (Å²) < 4.78 is 52.2. The number of piperidine rings is 2. The van der Waals surface area contributed by atoms with Gasteiger partial charge in [-0.1, -0.05) is 6.07 Å². The molecule has 2 fully saturated rings. The number of carbonyl (C=O) groups excluding carboxylic acids is 2. The minimum atomic E-state index is -4.65. The largest absolute Gasteiger partial charge is 0.494 e. The molecule has 5 rings (SSSR count). The van der Waals surface area contributed by atoms with Gasteiger partial charge in [0.2, 0.25) is 0 Å². The lowest BCUT2D eigenvalue weighted by molar-refractivity contribution is -0.141. The minimum absolute atomic E-state index is 0.221. The monoisotopic (exact) mass is 630 g/mol. The molecule has 10 nitrogen and oxygen atoms in total. The number of pyridine rings is 1. The van der Waals surface area contributed by atoms with Gasteiger partial charge in [-0.25, -0.2) is 9.78 Å². The smallest absolute Gasteiger partial charge is 0.433 e. The third-order valence-electron chi connectivity index (χ3n) is 8.41. The molecule has 2 aliphatic rings. The number of methoxy groups -OCH3 is 1. The summed E-state index contributed by atoms with van der Waals surface area (Å²) in [5, 5.41) is 8.19. The van der Waals surface area contributed by atoms with Gasteiger partial charge >= 0.3 is 12.3 Å². The van der Waals surface area contributed by atoms with Crippen molar-refractivity contribution in [3.05, 3.63) is 47.9 Å². The molecule has 3 aromatic rings. The molecule has 4 heterocycles. The van der Waals surface area contributed by atoms with E-state index in [4.69, 9.17) is 14.6 Å². The molecule has 13 heteroatoms. The van der Waals surface area contributed by atoms with Crippen LogP contribution in [0.25, 0.3) is 10.9 Å². The molecule has 1 N–H and O–H groups in total. The predicted molar refractivity (Wildman–Crippen MR) is 163 cm³/mol. The van der Waals surface area contributed by atoms with Gasteiger partial charge in [-0.3, -0.25) is 9.48 Å². The van der Waals surface area contributed by atoms with E-state index in [1.807, 2.05) is 36.5 Å². The Bertz CT molecular complexity index is 1500. The molecule has 0 bridgehead atoms. The van der Waals surface area contributed by atoms with E-state index in [1.165, 1.54) is 13.2 Å². The second-order valence-corrected chi connectivity index (χ2v) is 12.9. The van der Waals surface area contributed by atoms with Crippen molar-refractivity contribution in [3.8, 4) is 5.75 Å². The molecule has 45 heavy (non-hydrogen) atoms. The van der Waals surface area contributed by atoms with Crippen LogP contribution in [0.4, 0.5) is 23.7 Å². The quantitative estimate of drug-likeness (QED) is 0.323. The number of hydrogen-bond donors (Lipinski definition) is 1. The van der Waals surface area contributed by atoms with Crippen molar-refractivity contribution >= 4 is 28.6 Å². The Kier molecular flexibility index (Phi) is 9.57. The first kappa shape index (κ1) is 32.5. The summed E-state index contributed by atoms with van der Waals surface area (Å²) in [5.74, 6) is 0.179. The number of hydrogen-bond acceptors (Lipinski definition) is 7. The average molecular weight is 631 g/mol. The van der Waals surface area contributed by atoms with Crippen molar-refractivity contribution in [3.63, 3.8) is 0 Å². The van der Waals surface area contributed by atoms with Crippen LogP contribution in [-0.4, -0.2) is 82.0 Å². The maximum atomic E-state index is 13.1. The van der Waals surface area contributed by atoms with Gasteiger partial charge in [-0.2, -0.15) is 18.3 Å². The van der Waals surface area contributed by atoms with Crippen molar-refractivity contribution in [1.29, 1.82) is 0 Å². The van der Waals surface area contributed by atoms with E-state index in [0.29, 0.717) is 22.9 Å². The van der Waals surface area contributed by atoms with Gasteiger partial charge < -0.3 is 24.6 Å². The molecule has 1 aromatic carbocycles. The van der Waals surface area contributed by atoms with Gasteiger partial charge in [0, 0.05) is 43.8 Å². The normalized spacial score (nSPS) is 17.4. The van der Waals surface area contributed by atoms with Crippen molar-refractivity contribution in [2.24, 2.45) is 5.92 Å². The molecule has 0 saturated carbocycles. The highest BCUT2D eigenvalue weighted by molar-refractivity contribution is 6.05. The summed E-state index contributed by atoms with van der Waals surface area (Å²) in [5.41, 5.74) is -0.943. The van der Waals surface area contributed by atoms with Gasteiger partial charge in [0.15, 0.2) is 0 Å². The first-order chi connectivity index (χ1) is 21.3. The SMILES string of the molecule is COc1cc2nn(C3CCN(CCC4CCN(C(=O)OC(C)(C)C)CC4)CC3)cc2cc1NC(=O)c1cccc(C(F)(F)F)n1. The predicted octanol–water partition coefficient (Wildman–Crippen LogP) is 6.39. The number of halogens is 3. The molecule has 2 saturated heterocycles. The van der Waals surface area contributed by atoms with Crippen molar-refractivity contribution in [2.45, 2.75) is 70.7 Å². The van der Waals surface area contributed by atoms with Gasteiger partial charge in [0.1, 0.15) is 22.7 Å². The van der Waals surface area contributed by atoms with Crippen LogP contribution in [0.2, 0.25) is 0 Å². The van der Waals surface area contributed by atoms with Crippen LogP contribution in [0.1, 0.15) is 75.1 Å². The van der Waals surface area contributed by atoms with Gasteiger partial charge in [-0.05, 0) is 83.5 Å². The number of nitrogens with zero attached hydrogens (tertiary/aromatic N) is 5. The van der Waals surface area contributed by atoms with E-state index in [0.717, 1.165) is 82.3 Å². The Morgan fingerprint density at radius 2 is 1.73 bits per heavy atom. The van der Waals surface area contributed by atoms with Gasteiger partial charge in [0.05, 0.1) is 24.4 Å². The lowest BCUT2D eigenvalue weighted by Crippen LogP contribution is -2.42. The van der Waals surface area contributed by atoms with Crippen LogP contribution in [0.5, 0.6) is 5.75 Å². The third-order valence-corrected chi connectivity index (χ3v) is 8.41. The Morgan fingerprint density at radius 3 is 2.38 bits per heavy atom. The number of ether oxygens (including phenoxy) is 2. The van der Waals surface area contributed by atoms with Crippen LogP contribution in [-0.2, 0) is 10.9 Å².